The number of aliphatic hydroxyl groups is 1. The molecule has 1 N–H and O–H groups in total. The molecule has 1 unspecified atom stereocenters. The molecule has 0 amide bonds. The van der Waals surface area contributed by atoms with Crippen molar-refractivity contribution in [1.82, 2.24) is 0 Å². The lowest BCUT2D eigenvalue weighted by Gasteiger charge is -2.37. The van der Waals surface area contributed by atoms with Gasteiger partial charge in [0.25, 0.3) is 0 Å². The molecule has 1 atom stereocenters. The average Bonchev–Trinajstić information content (AvgIpc) is 2.91. The standard InChI is InChI=1S/C40H54O2/c1-29(17-13-19-31(3)21-25-35-33(5)23-27-37(41)39(35,7)8)15-11-12-16-30(2)18-14-20-32(4)22-26-36-34(6)24-28-38(42)40(36,9)10/h11-22,25-26,37,41H,23-24,27-28H2,1-10H3/b12-11+,17-13+,18-14+,25-21+,26-22+,29-15+,30-16+,31-19+,32-20+. The molecule has 0 saturated heterocycles. The Morgan fingerprint density at radius 1 is 0.643 bits per heavy atom. The Bertz CT molecular complexity index is 1330. The van der Waals surface area contributed by atoms with Gasteiger partial charge in [0.1, 0.15) is 5.78 Å². The van der Waals surface area contributed by atoms with E-state index in [1.165, 1.54) is 33.4 Å². The lowest BCUT2D eigenvalue weighted by Crippen LogP contribution is -2.34. The molecule has 0 aliphatic heterocycles. The highest BCUT2D eigenvalue weighted by atomic mass is 16.3. The van der Waals surface area contributed by atoms with Crippen molar-refractivity contribution in [1.29, 1.82) is 0 Å². The Morgan fingerprint density at radius 3 is 1.60 bits per heavy atom. The normalized spacial score (nSPS) is 23.3. The maximum atomic E-state index is 12.4. The van der Waals surface area contributed by atoms with Crippen molar-refractivity contribution >= 4 is 5.78 Å². The summed E-state index contributed by atoms with van der Waals surface area (Å²) in [5.74, 6) is 0.328. The molecule has 42 heavy (non-hydrogen) atoms. The van der Waals surface area contributed by atoms with E-state index in [9.17, 15) is 9.90 Å². The Morgan fingerprint density at radius 2 is 1.07 bits per heavy atom. The van der Waals surface area contributed by atoms with E-state index in [1.54, 1.807) is 0 Å². The predicted molar refractivity (Wildman–Crippen MR) is 183 cm³/mol. The molecule has 226 valence electrons. The van der Waals surface area contributed by atoms with E-state index in [1.807, 2.05) is 13.8 Å². The van der Waals surface area contributed by atoms with Gasteiger partial charge >= 0.3 is 0 Å². The number of Topliss-reactive ketones (excluding diaryl/α,β-unsaturated/α-hetero) is 1. The van der Waals surface area contributed by atoms with E-state index in [-0.39, 0.29) is 11.5 Å². The van der Waals surface area contributed by atoms with Crippen LogP contribution in [0.3, 0.4) is 0 Å². The van der Waals surface area contributed by atoms with E-state index in [0.717, 1.165) is 30.4 Å². The third kappa shape index (κ3) is 10.2. The average molecular weight is 567 g/mol. The zero-order valence-corrected chi connectivity index (χ0v) is 27.8. The molecule has 0 heterocycles. The van der Waals surface area contributed by atoms with Crippen LogP contribution in [0.25, 0.3) is 0 Å². The van der Waals surface area contributed by atoms with Gasteiger partial charge in [-0.15, -0.1) is 0 Å². The summed E-state index contributed by atoms with van der Waals surface area (Å²) in [6.45, 7) is 21.0. The van der Waals surface area contributed by atoms with Crippen molar-refractivity contribution in [3.63, 3.8) is 0 Å². The van der Waals surface area contributed by atoms with Crippen LogP contribution in [0.1, 0.15) is 94.9 Å². The van der Waals surface area contributed by atoms with Crippen LogP contribution in [0.15, 0.2) is 130 Å². The monoisotopic (exact) mass is 566 g/mol. The SMILES string of the molecule is CC1=C(/C=C/C(C)=C/C=C/C(C)=C/C=C/C=C(C)/C=C/C=C(C)/C=C/C2=C(C)CCC(O)C2(C)C)C(C)(C)C(=O)CC1. The molecule has 0 aromatic carbocycles. The largest absolute Gasteiger partial charge is 0.392 e. The lowest BCUT2D eigenvalue weighted by atomic mass is 9.70. The second kappa shape index (κ2) is 15.8. The van der Waals surface area contributed by atoms with Crippen molar-refractivity contribution < 1.29 is 9.90 Å². The molecular weight excluding hydrogens is 512 g/mol. The van der Waals surface area contributed by atoms with Crippen LogP contribution in [-0.2, 0) is 4.79 Å². The lowest BCUT2D eigenvalue weighted by molar-refractivity contribution is -0.125. The van der Waals surface area contributed by atoms with Gasteiger partial charge in [0.15, 0.2) is 0 Å². The quantitative estimate of drug-likeness (QED) is 0.267. The first-order chi connectivity index (χ1) is 19.7. The van der Waals surface area contributed by atoms with Gasteiger partial charge in [-0.1, -0.05) is 132 Å². The Labute approximate surface area is 256 Å². The molecule has 2 aliphatic carbocycles. The summed E-state index contributed by atoms with van der Waals surface area (Å²) in [4.78, 5) is 12.4. The van der Waals surface area contributed by atoms with Crippen LogP contribution < -0.4 is 0 Å². The fraction of sp³-hybridized carbons (Fsp3) is 0.425. The first-order valence-electron chi connectivity index (χ1n) is 15.4. The minimum atomic E-state index is -0.397. The zero-order valence-electron chi connectivity index (χ0n) is 27.8. The number of hydrogen-bond donors (Lipinski definition) is 1. The minimum Gasteiger partial charge on any atom is -0.392 e. The molecule has 0 aromatic heterocycles. The molecule has 0 radical (unpaired) electrons. The van der Waals surface area contributed by atoms with Gasteiger partial charge in [-0.2, -0.15) is 0 Å². The Balaban J connectivity index is 1.92. The summed E-state index contributed by atoms with van der Waals surface area (Å²) in [5, 5.41) is 10.4. The van der Waals surface area contributed by atoms with Crippen molar-refractivity contribution in [2.45, 2.75) is 101 Å². The fourth-order valence-corrected chi connectivity index (χ4v) is 5.49. The van der Waals surface area contributed by atoms with E-state index in [2.05, 4.69) is 140 Å². The van der Waals surface area contributed by atoms with Crippen LogP contribution in [0.2, 0.25) is 0 Å². The second-order valence-electron chi connectivity index (χ2n) is 13.1. The summed E-state index contributed by atoms with van der Waals surface area (Å²) in [6, 6.07) is 0. The summed E-state index contributed by atoms with van der Waals surface area (Å²) < 4.78 is 0. The van der Waals surface area contributed by atoms with E-state index >= 15 is 0 Å². The zero-order chi connectivity index (χ0) is 31.5. The number of hydrogen-bond acceptors (Lipinski definition) is 2. The number of carbonyl (C=O) groups excluding carboxylic acids is 1. The molecule has 2 nitrogen and oxygen atoms in total. The molecule has 2 heteroatoms. The molecule has 0 spiro atoms. The van der Waals surface area contributed by atoms with Crippen molar-refractivity contribution in [3.8, 4) is 0 Å². The number of allylic oxidation sites excluding steroid dienone is 21. The van der Waals surface area contributed by atoms with Crippen LogP contribution in [0, 0.1) is 10.8 Å². The summed E-state index contributed by atoms with van der Waals surface area (Å²) in [6.07, 6.45) is 32.5. The van der Waals surface area contributed by atoms with Gasteiger partial charge in [0, 0.05) is 17.3 Å². The predicted octanol–water partition coefficient (Wildman–Crippen LogP) is 10.8. The van der Waals surface area contributed by atoms with Gasteiger partial charge in [-0.3, -0.25) is 4.79 Å². The highest BCUT2D eigenvalue weighted by molar-refractivity contribution is 5.89. The summed E-state index contributed by atoms with van der Waals surface area (Å²) in [5.41, 5.74) is 9.18. The van der Waals surface area contributed by atoms with Crippen LogP contribution >= 0.6 is 0 Å². The molecule has 0 aromatic rings. The summed E-state index contributed by atoms with van der Waals surface area (Å²) in [7, 11) is 0. The van der Waals surface area contributed by atoms with E-state index < -0.39 is 5.41 Å². The molecule has 0 fully saturated rings. The second-order valence-corrected chi connectivity index (χ2v) is 13.1. The highest BCUT2D eigenvalue weighted by Gasteiger charge is 2.35. The van der Waals surface area contributed by atoms with Crippen LogP contribution in [0.5, 0.6) is 0 Å². The van der Waals surface area contributed by atoms with Crippen molar-refractivity contribution in [3.05, 3.63) is 130 Å². The van der Waals surface area contributed by atoms with Crippen LogP contribution in [0.4, 0.5) is 0 Å². The Kier molecular flexibility index (Phi) is 13.2. The van der Waals surface area contributed by atoms with E-state index in [0.29, 0.717) is 12.2 Å². The third-order valence-corrected chi connectivity index (χ3v) is 8.63. The first-order valence-corrected chi connectivity index (χ1v) is 15.4. The van der Waals surface area contributed by atoms with Gasteiger partial charge in [0.05, 0.1) is 6.10 Å². The van der Waals surface area contributed by atoms with Crippen molar-refractivity contribution in [2.24, 2.45) is 10.8 Å². The maximum Gasteiger partial charge on any atom is 0.143 e. The third-order valence-electron chi connectivity index (χ3n) is 8.63. The van der Waals surface area contributed by atoms with Gasteiger partial charge in [0.2, 0.25) is 0 Å². The molecule has 0 bridgehead atoms. The number of ketones is 1. The van der Waals surface area contributed by atoms with Gasteiger partial charge in [-0.05, 0) is 85.8 Å². The van der Waals surface area contributed by atoms with Gasteiger partial charge < -0.3 is 5.11 Å². The minimum absolute atomic E-state index is 0.205. The molecule has 2 aliphatic rings. The highest BCUT2D eigenvalue weighted by Crippen LogP contribution is 2.41. The smallest absolute Gasteiger partial charge is 0.143 e. The van der Waals surface area contributed by atoms with Crippen LogP contribution in [-0.4, -0.2) is 17.0 Å². The first kappa shape index (κ1) is 35.0. The number of carbonyl (C=O) groups is 1. The Hall–Kier alpha value is -3.23. The van der Waals surface area contributed by atoms with E-state index in [4.69, 9.17) is 0 Å². The summed E-state index contributed by atoms with van der Waals surface area (Å²) >= 11 is 0. The molecule has 0 saturated carbocycles. The molecular formula is C40H54O2. The van der Waals surface area contributed by atoms with Gasteiger partial charge in [-0.25, -0.2) is 0 Å². The van der Waals surface area contributed by atoms with Crippen molar-refractivity contribution in [2.75, 3.05) is 0 Å². The molecule has 2 rings (SSSR count). The number of rotatable bonds is 10. The fourth-order valence-electron chi connectivity index (χ4n) is 5.49. The topological polar surface area (TPSA) is 37.3 Å². The maximum absolute atomic E-state index is 12.4. The number of aliphatic hydroxyl groups excluding tert-OH is 1.